The fourth-order valence-corrected chi connectivity index (χ4v) is 5.00. The van der Waals surface area contributed by atoms with E-state index in [1.807, 2.05) is 27.7 Å². The number of nitrogens with zero attached hydrogens (tertiary/aromatic N) is 6. The van der Waals surface area contributed by atoms with Crippen LogP contribution < -0.4 is 10.6 Å². The lowest BCUT2D eigenvalue weighted by atomic mass is 10.0. The first-order chi connectivity index (χ1) is 24.3. The molecule has 23 heteroatoms. The summed E-state index contributed by atoms with van der Waals surface area (Å²) >= 11 is 15.3. The zero-order valence-corrected chi connectivity index (χ0v) is 35.3. The summed E-state index contributed by atoms with van der Waals surface area (Å²) in [4.78, 5) is 29.2. The van der Waals surface area contributed by atoms with Crippen LogP contribution >= 0.6 is 65.0 Å². The molecule has 0 radical (unpaired) electrons. The predicted molar refractivity (Wildman–Crippen MR) is 202 cm³/mol. The lowest BCUT2D eigenvalue weighted by molar-refractivity contribution is -0.139. The Hall–Kier alpha value is -1.97. The lowest BCUT2D eigenvalue weighted by Gasteiger charge is -2.23. The topological polar surface area (TPSA) is 119 Å². The standard InChI is InChI=1S/C15H18ClF3N4O.C13H16ClF3N4.C2H3ClO.Al.3ClH/c1-5-7(2)11-12(16)22-13-10(8(3)24)6-20-23(13)14(11)21-9(4)15(17,18)19;1-4-7(2)10-11(14)20-9-5-6-18-21(9)12(10)19-8(3)13(15,16)17;1-2(3)4;;;;/h6-7,9,21H,5H2,1-4H3;5-8,19H,4H2,1-3H3;1H3;;3*1H/q;;;+3;;;/p-3. The van der Waals surface area contributed by atoms with Crippen molar-refractivity contribution in [1.29, 1.82) is 0 Å². The Morgan fingerprint density at radius 2 is 1.19 bits per heavy atom. The average molecular weight is 895 g/mol. The number of aromatic nitrogens is 6. The molecule has 0 aliphatic rings. The second kappa shape index (κ2) is 21.4. The van der Waals surface area contributed by atoms with Gasteiger partial charge in [0.05, 0.1) is 18.0 Å². The van der Waals surface area contributed by atoms with Gasteiger partial charge in [0, 0.05) is 24.1 Å². The van der Waals surface area contributed by atoms with Crippen molar-refractivity contribution >= 4 is 110 Å². The number of alkyl halides is 6. The van der Waals surface area contributed by atoms with Crippen molar-refractivity contribution in [2.75, 3.05) is 10.6 Å². The zero-order chi connectivity index (χ0) is 41.2. The summed E-state index contributed by atoms with van der Waals surface area (Å²) in [5, 5.41) is 12.9. The van der Waals surface area contributed by atoms with Crippen LogP contribution in [0.25, 0.3) is 11.3 Å². The molecule has 0 bridgehead atoms. The molecule has 0 spiro atoms. The largest absolute Gasteiger partial charge is 0.643 e. The summed E-state index contributed by atoms with van der Waals surface area (Å²) < 4.78 is 80.0. The van der Waals surface area contributed by atoms with Gasteiger partial charge in [-0.1, -0.05) is 50.9 Å². The van der Waals surface area contributed by atoms with Gasteiger partial charge in [0.15, 0.2) is 17.1 Å². The van der Waals surface area contributed by atoms with Gasteiger partial charge in [-0.2, -0.15) is 45.6 Å². The zero-order valence-electron chi connectivity index (χ0n) is 29.6. The van der Waals surface area contributed by atoms with E-state index in [-0.39, 0.29) is 56.0 Å². The van der Waals surface area contributed by atoms with E-state index in [2.05, 4.69) is 42.4 Å². The van der Waals surface area contributed by atoms with Crippen LogP contribution in [0.5, 0.6) is 0 Å². The molecule has 0 saturated carbocycles. The Morgan fingerprint density at radius 1 is 0.792 bits per heavy atom. The van der Waals surface area contributed by atoms with Crippen LogP contribution in [0.2, 0.25) is 10.3 Å². The Kier molecular flexibility index (Phi) is 19.8. The van der Waals surface area contributed by atoms with Crippen LogP contribution in [0.1, 0.15) is 102 Å². The van der Waals surface area contributed by atoms with Gasteiger partial charge in [0.2, 0.25) is 5.24 Å². The molecule has 4 aromatic rings. The Bertz CT molecular complexity index is 1820. The minimum absolute atomic E-state index is 0.0402. The molecule has 10 nitrogen and oxygen atoms in total. The number of carbonyl (C=O) groups is 2. The van der Waals surface area contributed by atoms with Crippen molar-refractivity contribution in [2.24, 2.45) is 0 Å². The third-order valence-corrected chi connectivity index (χ3v) is 8.02. The molecular formula is C30H37AlCl6F6N8O2. The Morgan fingerprint density at radius 3 is 1.57 bits per heavy atom. The molecule has 0 amide bonds. The molecule has 296 valence electrons. The maximum Gasteiger partial charge on any atom is 0.643 e. The summed E-state index contributed by atoms with van der Waals surface area (Å²) in [5.41, 5.74) is 1.74. The van der Waals surface area contributed by atoms with E-state index < -0.39 is 35.8 Å². The summed E-state index contributed by atoms with van der Waals surface area (Å²) in [6, 6.07) is -1.94. The van der Waals surface area contributed by atoms with Crippen LogP contribution in [-0.4, -0.2) is 76.0 Å². The number of ketones is 1. The van der Waals surface area contributed by atoms with Gasteiger partial charge in [-0.05, 0) is 57.0 Å². The van der Waals surface area contributed by atoms with E-state index in [1.165, 1.54) is 35.3 Å². The van der Waals surface area contributed by atoms with E-state index in [4.69, 9.17) is 53.3 Å². The minimum Gasteiger partial charge on any atom is -0.358 e. The second-order valence-corrected chi connectivity index (χ2v) is 19.1. The van der Waals surface area contributed by atoms with E-state index in [0.29, 0.717) is 23.2 Å². The second-order valence-electron chi connectivity index (χ2n) is 11.4. The highest BCUT2D eigenvalue weighted by atomic mass is 35.8. The van der Waals surface area contributed by atoms with Crippen LogP contribution in [0.3, 0.4) is 0 Å². The lowest BCUT2D eigenvalue weighted by Crippen LogP contribution is -2.34. The third-order valence-electron chi connectivity index (χ3n) is 7.44. The number of anilines is 2. The molecule has 4 heterocycles. The molecule has 4 aromatic heterocycles. The number of rotatable bonds is 9. The highest BCUT2D eigenvalue weighted by molar-refractivity contribution is 7.54. The highest BCUT2D eigenvalue weighted by Crippen LogP contribution is 2.36. The quantitative estimate of drug-likeness (QED) is 0.0561. The number of Topliss-reactive ketones (excluding diaryl/α,β-unsaturated/α-hetero) is 1. The molecular weight excluding hydrogens is 858 g/mol. The van der Waals surface area contributed by atoms with Crippen LogP contribution in [0, 0.1) is 0 Å². The Balaban J connectivity index is 0.000000443. The van der Waals surface area contributed by atoms with Gasteiger partial charge in [-0.15, -0.1) is 0 Å². The van der Waals surface area contributed by atoms with Crippen molar-refractivity contribution in [3.8, 4) is 0 Å². The monoisotopic (exact) mass is 892 g/mol. The molecule has 53 heavy (non-hydrogen) atoms. The van der Waals surface area contributed by atoms with E-state index in [1.54, 1.807) is 6.07 Å². The summed E-state index contributed by atoms with van der Waals surface area (Å²) in [6.07, 6.45) is -4.66. The molecule has 0 aliphatic heterocycles. The smallest absolute Gasteiger partial charge is 0.358 e. The SMILES string of the molecule is CC(=O)Cl.CCC(C)c1c(Cl)nc2c(C(C)=O)cnn2c1NC(C)C(F)(F)F.CCC(C)c1c(Cl)nc2ccnn2c1NC(C)C(F)(F)F.[Cl][Al]([Cl])[Cl]. The first-order valence-corrected chi connectivity index (χ1v) is 22.0. The fourth-order valence-electron chi connectivity index (χ4n) is 4.29. The summed E-state index contributed by atoms with van der Waals surface area (Å²) in [5.74, 6) is -0.116. The number of hydrogen-bond donors (Lipinski definition) is 2. The van der Waals surface area contributed by atoms with Gasteiger partial charge >= 0.3 is 23.7 Å². The van der Waals surface area contributed by atoms with Crippen LogP contribution in [0.15, 0.2) is 18.5 Å². The Labute approximate surface area is 334 Å². The van der Waals surface area contributed by atoms with Gasteiger partial charge < -0.3 is 10.6 Å². The summed E-state index contributed by atoms with van der Waals surface area (Å²) in [6.45, 7) is 12.3. The third kappa shape index (κ3) is 14.6. The normalized spacial score (nSPS) is 13.7. The molecule has 4 atom stereocenters. The predicted octanol–water partition coefficient (Wildman–Crippen LogP) is 11.2. The van der Waals surface area contributed by atoms with Crippen molar-refractivity contribution in [3.05, 3.63) is 45.5 Å². The van der Waals surface area contributed by atoms with E-state index in [0.717, 1.165) is 20.3 Å². The molecule has 2 N–H and O–H groups in total. The van der Waals surface area contributed by atoms with Crippen molar-refractivity contribution in [3.63, 3.8) is 0 Å². The van der Waals surface area contributed by atoms with Gasteiger partial charge in [0.1, 0.15) is 34.0 Å². The fraction of sp³-hybridized carbons (Fsp3) is 0.533. The number of carbonyl (C=O) groups excluding carboxylic acids is 2. The van der Waals surface area contributed by atoms with E-state index in [9.17, 15) is 35.9 Å². The minimum atomic E-state index is -4.44. The molecule has 0 aliphatic carbocycles. The van der Waals surface area contributed by atoms with Crippen molar-refractivity contribution in [1.82, 2.24) is 29.2 Å². The maximum absolute atomic E-state index is 13.0. The molecule has 4 unspecified atom stereocenters. The number of nitrogens with one attached hydrogen (secondary N) is 2. The van der Waals surface area contributed by atoms with Crippen LogP contribution in [-0.2, 0) is 4.79 Å². The highest BCUT2D eigenvalue weighted by Gasteiger charge is 2.38. The number of hydrogen-bond acceptors (Lipinski definition) is 8. The molecule has 0 fully saturated rings. The van der Waals surface area contributed by atoms with Crippen molar-refractivity contribution in [2.45, 2.75) is 105 Å². The summed E-state index contributed by atoms with van der Waals surface area (Å²) in [7, 11) is 14.8. The van der Waals surface area contributed by atoms with Gasteiger partial charge in [-0.3, -0.25) is 9.59 Å². The van der Waals surface area contributed by atoms with Gasteiger partial charge in [0.25, 0.3) is 0 Å². The number of fused-ring (bicyclic) bond motifs is 2. The molecule has 4 rings (SSSR count). The average Bonchev–Trinajstić information content (AvgIpc) is 3.66. The number of halogens is 12. The maximum atomic E-state index is 13.0. The first kappa shape index (κ1) is 49.1. The van der Waals surface area contributed by atoms with Crippen LogP contribution in [0.4, 0.5) is 38.0 Å². The first-order valence-electron chi connectivity index (χ1n) is 15.7. The van der Waals surface area contributed by atoms with Gasteiger partial charge in [-0.25, -0.2) is 40.1 Å². The molecule has 0 saturated heterocycles. The molecule has 0 aromatic carbocycles. The van der Waals surface area contributed by atoms with E-state index >= 15 is 0 Å². The van der Waals surface area contributed by atoms with Crippen molar-refractivity contribution < 1.29 is 35.9 Å².